The topological polar surface area (TPSA) is 55.1 Å². The highest BCUT2D eigenvalue weighted by molar-refractivity contribution is 14.1. The molecule has 3 nitrogen and oxygen atoms in total. The maximum absolute atomic E-state index is 12.3. The van der Waals surface area contributed by atoms with Crippen LogP contribution in [0.4, 0.5) is 0 Å². The minimum absolute atomic E-state index is 0.0748. The first-order valence-corrected chi connectivity index (χ1v) is 7.50. The van der Waals surface area contributed by atoms with E-state index in [1.165, 1.54) is 0 Å². The second-order valence-electron chi connectivity index (χ2n) is 4.77. The van der Waals surface area contributed by atoms with Crippen molar-refractivity contribution in [3.63, 3.8) is 0 Å². The van der Waals surface area contributed by atoms with Crippen LogP contribution in [-0.2, 0) is 0 Å². The zero-order chi connectivity index (χ0) is 13.2. The number of nitrogens with one attached hydrogen (secondary N) is 1. The van der Waals surface area contributed by atoms with E-state index in [4.69, 9.17) is 17.3 Å². The van der Waals surface area contributed by atoms with E-state index < -0.39 is 0 Å². The molecule has 3 N–H and O–H groups in total. The molecule has 0 aromatic heterocycles. The van der Waals surface area contributed by atoms with Crippen LogP contribution in [0.2, 0.25) is 5.02 Å². The Kier molecular flexibility index (Phi) is 4.50. The third-order valence-electron chi connectivity index (χ3n) is 3.50. The largest absolute Gasteiger partial charge is 0.345 e. The maximum Gasteiger partial charge on any atom is 0.252 e. The number of benzene rings is 1. The van der Waals surface area contributed by atoms with Crippen LogP contribution < -0.4 is 11.1 Å². The zero-order valence-corrected chi connectivity index (χ0v) is 12.9. The number of nitrogens with two attached hydrogens (primary N) is 1. The van der Waals surface area contributed by atoms with Gasteiger partial charge in [0.15, 0.2) is 0 Å². The molecule has 0 atom stereocenters. The Morgan fingerprint density at radius 1 is 1.44 bits per heavy atom. The predicted molar refractivity (Wildman–Crippen MR) is 81.9 cm³/mol. The standard InChI is InChI=1S/C13H16ClIN2O/c14-9-3-4-11(15)10(7-9)12(18)17-13(8-16)5-1-2-6-13/h3-4,7H,1-2,5-6,8,16H2,(H,17,18). The number of hydrogen-bond acceptors (Lipinski definition) is 2. The van der Waals surface area contributed by atoms with Gasteiger partial charge in [0.1, 0.15) is 0 Å². The molecule has 5 heteroatoms. The maximum atomic E-state index is 12.3. The highest BCUT2D eigenvalue weighted by Crippen LogP contribution is 2.29. The summed E-state index contributed by atoms with van der Waals surface area (Å²) in [5.41, 5.74) is 6.23. The van der Waals surface area contributed by atoms with Gasteiger partial charge < -0.3 is 11.1 Å². The minimum atomic E-state index is -0.220. The second-order valence-corrected chi connectivity index (χ2v) is 6.37. The fourth-order valence-corrected chi connectivity index (χ4v) is 3.16. The van der Waals surface area contributed by atoms with Gasteiger partial charge in [-0.05, 0) is 53.6 Å². The third-order valence-corrected chi connectivity index (χ3v) is 4.68. The molecular formula is C13H16ClIN2O. The van der Waals surface area contributed by atoms with Crippen molar-refractivity contribution in [1.82, 2.24) is 5.32 Å². The van der Waals surface area contributed by atoms with Crippen molar-refractivity contribution in [2.45, 2.75) is 31.2 Å². The van der Waals surface area contributed by atoms with Gasteiger partial charge in [-0.2, -0.15) is 0 Å². The van der Waals surface area contributed by atoms with Crippen molar-refractivity contribution in [3.05, 3.63) is 32.4 Å². The molecule has 1 fully saturated rings. The smallest absolute Gasteiger partial charge is 0.252 e. The van der Waals surface area contributed by atoms with E-state index in [2.05, 4.69) is 27.9 Å². The van der Waals surface area contributed by atoms with Crippen molar-refractivity contribution in [3.8, 4) is 0 Å². The molecule has 0 saturated heterocycles. The van der Waals surface area contributed by atoms with E-state index in [9.17, 15) is 4.79 Å². The summed E-state index contributed by atoms with van der Waals surface area (Å²) in [6, 6.07) is 5.34. The molecule has 0 spiro atoms. The number of halogens is 2. The summed E-state index contributed by atoms with van der Waals surface area (Å²) in [6.07, 6.45) is 4.19. The average Bonchev–Trinajstić information content (AvgIpc) is 2.81. The number of amides is 1. The summed E-state index contributed by atoms with van der Waals surface area (Å²) in [4.78, 5) is 12.3. The molecule has 2 rings (SSSR count). The summed E-state index contributed by atoms with van der Waals surface area (Å²) < 4.78 is 0.902. The quantitative estimate of drug-likeness (QED) is 0.795. The van der Waals surface area contributed by atoms with Crippen LogP contribution in [0, 0.1) is 3.57 Å². The van der Waals surface area contributed by atoms with Crippen molar-refractivity contribution in [2.24, 2.45) is 5.73 Å². The Balaban J connectivity index is 2.18. The van der Waals surface area contributed by atoms with Crippen molar-refractivity contribution in [1.29, 1.82) is 0 Å². The number of rotatable bonds is 3. The van der Waals surface area contributed by atoms with E-state index in [0.29, 0.717) is 17.1 Å². The molecule has 1 aliphatic carbocycles. The van der Waals surface area contributed by atoms with Crippen LogP contribution in [0.15, 0.2) is 18.2 Å². The van der Waals surface area contributed by atoms with Crippen molar-refractivity contribution < 1.29 is 4.79 Å². The van der Waals surface area contributed by atoms with Crippen molar-refractivity contribution >= 4 is 40.1 Å². The lowest BCUT2D eigenvalue weighted by molar-refractivity contribution is 0.0902. The SMILES string of the molecule is NCC1(NC(=O)c2cc(Cl)ccc2I)CCCC1. The Labute approximate surface area is 126 Å². The molecule has 1 aromatic rings. The summed E-state index contributed by atoms with van der Waals surface area (Å²) in [7, 11) is 0. The van der Waals surface area contributed by atoms with Crippen molar-refractivity contribution in [2.75, 3.05) is 6.54 Å². The van der Waals surface area contributed by atoms with Gasteiger partial charge in [-0.3, -0.25) is 4.79 Å². The Hall–Kier alpha value is -0.330. The molecule has 0 radical (unpaired) electrons. The van der Waals surface area contributed by atoms with E-state index in [0.717, 1.165) is 29.3 Å². The van der Waals surface area contributed by atoms with Crippen LogP contribution in [0.3, 0.4) is 0 Å². The lowest BCUT2D eigenvalue weighted by Gasteiger charge is -2.29. The van der Waals surface area contributed by atoms with E-state index in [-0.39, 0.29) is 11.4 Å². The summed E-state index contributed by atoms with van der Waals surface area (Å²) in [5, 5.41) is 3.68. The van der Waals surface area contributed by atoms with Crippen LogP contribution in [-0.4, -0.2) is 18.0 Å². The summed E-state index contributed by atoms with van der Waals surface area (Å²) in [5.74, 6) is -0.0748. The molecule has 1 aromatic carbocycles. The molecule has 0 heterocycles. The first-order chi connectivity index (χ1) is 8.56. The lowest BCUT2D eigenvalue weighted by Crippen LogP contribution is -2.51. The van der Waals surface area contributed by atoms with E-state index in [1.54, 1.807) is 12.1 Å². The van der Waals surface area contributed by atoms with Gasteiger partial charge in [0.05, 0.1) is 11.1 Å². The average molecular weight is 379 g/mol. The number of hydrogen-bond donors (Lipinski definition) is 2. The normalized spacial score (nSPS) is 17.7. The fraction of sp³-hybridized carbons (Fsp3) is 0.462. The molecule has 0 unspecified atom stereocenters. The third kappa shape index (κ3) is 2.97. The molecular weight excluding hydrogens is 363 g/mol. The van der Waals surface area contributed by atoms with Gasteiger partial charge >= 0.3 is 0 Å². The summed E-state index contributed by atoms with van der Waals surface area (Å²) >= 11 is 8.08. The van der Waals surface area contributed by atoms with Gasteiger partial charge in [0.25, 0.3) is 5.91 Å². The Morgan fingerprint density at radius 2 is 2.11 bits per heavy atom. The molecule has 1 aliphatic rings. The molecule has 1 saturated carbocycles. The molecule has 18 heavy (non-hydrogen) atoms. The van der Waals surface area contributed by atoms with E-state index in [1.807, 2.05) is 6.07 Å². The van der Waals surface area contributed by atoms with E-state index >= 15 is 0 Å². The van der Waals surface area contributed by atoms with Crippen LogP contribution in [0.25, 0.3) is 0 Å². The predicted octanol–water partition coefficient (Wildman–Crippen LogP) is 2.95. The van der Waals surface area contributed by atoms with Gasteiger partial charge in [-0.1, -0.05) is 24.4 Å². The van der Waals surface area contributed by atoms with Crippen LogP contribution in [0.5, 0.6) is 0 Å². The highest BCUT2D eigenvalue weighted by atomic mass is 127. The van der Waals surface area contributed by atoms with Gasteiger partial charge in [0.2, 0.25) is 0 Å². The van der Waals surface area contributed by atoms with Gasteiger partial charge in [-0.25, -0.2) is 0 Å². The monoisotopic (exact) mass is 378 g/mol. The van der Waals surface area contributed by atoms with Gasteiger partial charge in [0, 0.05) is 15.1 Å². The minimum Gasteiger partial charge on any atom is -0.345 e. The first-order valence-electron chi connectivity index (χ1n) is 6.04. The molecule has 1 amide bonds. The summed E-state index contributed by atoms with van der Waals surface area (Å²) in [6.45, 7) is 0.496. The second kappa shape index (κ2) is 5.75. The molecule has 0 aliphatic heterocycles. The molecule has 98 valence electrons. The lowest BCUT2D eigenvalue weighted by atomic mass is 9.97. The van der Waals surface area contributed by atoms with Gasteiger partial charge in [-0.15, -0.1) is 0 Å². The Morgan fingerprint density at radius 3 is 2.72 bits per heavy atom. The zero-order valence-electron chi connectivity index (χ0n) is 10.0. The first kappa shape index (κ1) is 14.1. The van der Waals surface area contributed by atoms with Crippen LogP contribution in [0.1, 0.15) is 36.0 Å². The number of carbonyl (C=O) groups excluding carboxylic acids is 1. The highest BCUT2D eigenvalue weighted by Gasteiger charge is 2.34. The molecule has 0 bridgehead atoms. The van der Waals surface area contributed by atoms with Crippen LogP contribution >= 0.6 is 34.2 Å². The number of carbonyl (C=O) groups is 1. The Bertz CT molecular complexity index is 458. The fourth-order valence-electron chi connectivity index (χ4n) is 2.41.